The maximum Gasteiger partial charge on any atom is 0.233 e. The molecule has 1 aromatic carbocycles. The minimum Gasteiger partial charge on any atom is -0.348 e. The largest absolute Gasteiger partial charge is 0.348 e. The Bertz CT molecular complexity index is 767. The van der Waals surface area contributed by atoms with E-state index in [4.69, 9.17) is 0 Å². The van der Waals surface area contributed by atoms with Gasteiger partial charge in [-0.1, -0.05) is 36.0 Å². The van der Waals surface area contributed by atoms with Crippen LogP contribution < -0.4 is 5.32 Å². The number of fused-ring (bicyclic) bond motifs is 1. The first-order valence-corrected chi connectivity index (χ1v) is 9.70. The lowest BCUT2D eigenvalue weighted by Gasteiger charge is -2.27. The van der Waals surface area contributed by atoms with Gasteiger partial charge in [0.15, 0.2) is 5.16 Å². The van der Waals surface area contributed by atoms with E-state index in [1.807, 2.05) is 33.8 Å². The highest BCUT2D eigenvalue weighted by atomic mass is 32.2. The van der Waals surface area contributed by atoms with Crippen molar-refractivity contribution in [1.29, 1.82) is 0 Å². The van der Waals surface area contributed by atoms with Crippen molar-refractivity contribution in [1.82, 2.24) is 15.3 Å². The quantitative estimate of drug-likeness (QED) is 0.663. The van der Waals surface area contributed by atoms with Gasteiger partial charge in [0.1, 0.15) is 0 Å². The van der Waals surface area contributed by atoms with Crippen LogP contribution in [0.25, 0.3) is 0 Å². The smallest absolute Gasteiger partial charge is 0.233 e. The van der Waals surface area contributed by atoms with Crippen LogP contribution in [0.1, 0.15) is 53.9 Å². The van der Waals surface area contributed by atoms with Crippen molar-refractivity contribution in [3.05, 3.63) is 52.3 Å². The molecule has 2 atom stereocenters. The number of amides is 1. The van der Waals surface area contributed by atoms with Gasteiger partial charge >= 0.3 is 0 Å². The fourth-order valence-electron chi connectivity index (χ4n) is 3.20. The highest BCUT2D eigenvalue weighted by molar-refractivity contribution is 8.00. The summed E-state index contributed by atoms with van der Waals surface area (Å²) in [5, 5.41) is 3.67. The van der Waals surface area contributed by atoms with Crippen molar-refractivity contribution < 1.29 is 4.79 Å². The zero-order chi connectivity index (χ0) is 18.0. The van der Waals surface area contributed by atoms with Crippen molar-refractivity contribution in [2.24, 2.45) is 0 Å². The van der Waals surface area contributed by atoms with Crippen LogP contribution in [0.3, 0.4) is 0 Å². The second-order valence-corrected chi connectivity index (χ2v) is 8.02. The van der Waals surface area contributed by atoms with Gasteiger partial charge in [0.05, 0.1) is 11.3 Å². The summed E-state index contributed by atoms with van der Waals surface area (Å²) in [6.45, 7) is 7.91. The molecule has 0 bridgehead atoms. The zero-order valence-electron chi connectivity index (χ0n) is 15.3. The molecule has 1 heterocycles. The van der Waals surface area contributed by atoms with Crippen molar-refractivity contribution in [2.75, 3.05) is 0 Å². The van der Waals surface area contributed by atoms with E-state index in [1.165, 1.54) is 22.9 Å². The molecule has 1 aliphatic carbocycles. The highest BCUT2D eigenvalue weighted by Gasteiger charge is 2.24. The van der Waals surface area contributed by atoms with Gasteiger partial charge in [-0.2, -0.15) is 0 Å². The number of benzene rings is 1. The third-order valence-electron chi connectivity index (χ3n) is 4.95. The standard InChI is InChI=1S/C20H25N3OS/c1-12-13(2)21-20(22-14(12)3)25-15(4)19(24)23-18-11-7-9-16-8-5-6-10-17(16)18/h5-6,8,10,15,18H,7,9,11H2,1-4H3,(H,23,24). The zero-order valence-corrected chi connectivity index (χ0v) is 16.1. The Kier molecular flexibility index (Phi) is 5.42. The van der Waals surface area contributed by atoms with Crippen LogP contribution in [-0.2, 0) is 11.2 Å². The predicted octanol–water partition coefficient (Wildman–Crippen LogP) is 4.08. The van der Waals surface area contributed by atoms with Crippen molar-refractivity contribution in [3.63, 3.8) is 0 Å². The average Bonchev–Trinajstić information content (AvgIpc) is 2.60. The second kappa shape index (κ2) is 7.56. The third kappa shape index (κ3) is 4.03. The maximum absolute atomic E-state index is 12.7. The second-order valence-electron chi connectivity index (χ2n) is 6.71. The summed E-state index contributed by atoms with van der Waals surface area (Å²) in [6.07, 6.45) is 3.21. The van der Waals surface area contributed by atoms with Gasteiger partial charge < -0.3 is 5.32 Å². The van der Waals surface area contributed by atoms with Crippen LogP contribution in [0, 0.1) is 20.8 Å². The molecule has 4 nitrogen and oxygen atoms in total. The summed E-state index contributed by atoms with van der Waals surface area (Å²) in [7, 11) is 0. The number of nitrogens with zero attached hydrogens (tertiary/aromatic N) is 2. The summed E-state index contributed by atoms with van der Waals surface area (Å²) in [6, 6.07) is 8.53. The lowest BCUT2D eigenvalue weighted by atomic mass is 9.88. The molecule has 0 radical (unpaired) electrons. The van der Waals surface area contributed by atoms with E-state index in [0.29, 0.717) is 5.16 Å². The highest BCUT2D eigenvalue weighted by Crippen LogP contribution is 2.30. The Morgan fingerprint density at radius 2 is 1.88 bits per heavy atom. The molecule has 0 saturated heterocycles. The van der Waals surface area contributed by atoms with E-state index < -0.39 is 0 Å². The van der Waals surface area contributed by atoms with Crippen LogP contribution >= 0.6 is 11.8 Å². The van der Waals surface area contributed by atoms with E-state index in [1.54, 1.807) is 0 Å². The number of thioether (sulfide) groups is 1. The molecule has 2 aromatic rings. The Labute approximate surface area is 153 Å². The molecule has 0 saturated carbocycles. The van der Waals surface area contributed by atoms with E-state index >= 15 is 0 Å². The summed E-state index contributed by atoms with van der Waals surface area (Å²) in [5.74, 6) is 0.0474. The molecule has 1 N–H and O–H groups in total. The van der Waals surface area contributed by atoms with Gasteiger partial charge in [-0.15, -0.1) is 0 Å². The summed E-state index contributed by atoms with van der Waals surface area (Å²) in [5.41, 5.74) is 5.68. The van der Waals surface area contributed by atoms with E-state index in [2.05, 4.69) is 33.5 Å². The minimum atomic E-state index is -0.226. The molecular weight excluding hydrogens is 330 g/mol. The molecule has 0 aliphatic heterocycles. The lowest BCUT2D eigenvalue weighted by molar-refractivity contribution is -0.121. The van der Waals surface area contributed by atoms with Crippen molar-refractivity contribution >= 4 is 17.7 Å². The summed E-state index contributed by atoms with van der Waals surface area (Å²) in [4.78, 5) is 21.7. The van der Waals surface area contributed by atoms with E-state index in [9.17, 15) is 4.79 Å². The molecular formula is C20H25N3OS. The third-order valence-corrected chi connectivity index (χ3v) is 5.91. The van der Waals surface area contributed by atoms with Gasteiger partial charge in [-0.05, 0) is 63.6 Å². The predicted molar refractivity (Wildman–Crippen MR) is 102 cm³/mol. The van der Waals surface area contributed by atoms with E-state index in [-0.39, 0.29) is 17.2 Å². The van der Waals surface area contributed by atoms with Crippen molar-refractivity contribution in [2.45, 2.75) is 63.4 Å². The first kappa shape index (κ1) is 17.9. The number of carbonyl (C=O) groups excluding carboxylic acids is 1. The summed E-state index contributed by atoms with van der Waals surface area (Å²) >= 11 is 1.42. The Hall–Kier alpha value is -1.88. The number of carbonyl (C=O) groups is 1. The monoisotopic (exact) mass is 355 g/mol. The molecule has 0 fully saturated rings. The van der Waals surface area contributed by atoms with Crippen molar-refractivity contribution in [3.8, 4) is 0 Å². The number of hydrogen-bond donors (Lipinski definition) is 1. The van der Waals surface area contributed by atoms with Gasteiger partial charge in [-0.25, -0.2) is 9.97 Å². The number of nitrogens with one attached hydrogen (secondary N) is 1. The van der Waals surface area contributed by atoms with Gasteiger partial charge in [0.25, 0.3) is 0 Å². The van der Waals surface area contributed by atoms with Crippen LogP contribution in [0.4, 0.5) is 0 Å². The number of hydrogen-bond acceptors (Lipinski definition) is 4. The molecule has 5 heteroatoms. The van der Waals surface area contributed by atoms with Crippen LogP contribution in [0.5, 0.6) is 0 Å². The molecule has 3 rings (SSSR count). The van der Waals surface area contributed by atoms with Crippen LogP contribution in [-0.4, -0.2) is 21.1 Å². The lowest BCUT2D eigenvalue weighted by Crippen LogP contribution is -2.36. The Morgan fingerprint density at radius 3 is 2.60 bits per heavy atom. The van der Waals surface area contributed by atoms with Crippen LogP contribution in [0.15, 0.2) is 29.4 Å². The SMILES string of the molecule is Cc1nc(SC(C)C(=O)NC2CCCc3ccccc32)nc(C)c1C. The number of aryl methyl sites for hydroxylation is 3. The first-order valence-electron chi connectivity index (χ1n) is 8.82. The first-order chi connectivity index (χ1) is 12.0. The molecule has 25 heavy (non-hydrogen) atoms. The molecule has 0 spiro atoms. The number of rotatable bonds is 4. The molecule has 132 valence electrons. The van der Waals surface area contributed by atoms with Crippen LogP contribution in [0.2, 0.25) is 0 Å². The Morgan fingerprint density at radius 1 is 1.20 bits per heavy atom. The normalized spacial score (nSPS) is 17.7. The molecule has 1 amide bonds. The summed E-state index contributed by atoms with van der Waals surface area (Å²) < 4.78 is 0. The Balaban J connectivity index is 1.68. The minimum absolute atomic E-state index is 0.0474. The maximum atomic E-state index is 12.7. The molecule has 2 unspecified atom stereocenters. The topological polar surface area (TPSA) is 54.9 Å². The fourth-order valence-corrected chi connectivity index (χ4v) is 4.07. The number of aromatic nitrogens is 2. The van der Waals surface area contributed by atoms with Gasteiger partial charge in [0, 0.05) is 11.4 Å². The van der Waals surface area contributed by atoms with E-state index in [0.717, 1.165) is 36.2 Å². The fraction of sp³-hybridized carbons (Fsp3) is 0.450. The van der Waals surface area contributed by atoms with Gasteiger partial charge in [0.2, 0.25) is 5.91 Å². The average molecular weight is 356 g/mol. The molecule has 1 aliphatic rings. The molecule has 1 aromatic heterocycles. The van der Waals surface area contributed by atoms with Gasteiger partial charge in [-0.3, -0.25) is 4.79 Å².